The average molecular weight is 279 g/mol. The number of hydrazine groups is 1. The molecule has 0 spiro atoms. The van der Waals surface area contributed by atoms with Crippen molar-refractivity contribution in [3.05, 3.63) is 0 Å². The highest BCUT2D eigenvalue weighted by Gasteiger charge is 2.21. The zero-order valence-electron chi connectivity index (χ0n) is 12.6. The molecule has 0 radical (unpaired) electrons. The van der Waals surface area contributed by atoms with E-state index in [1.807, 2.05) is 0 Å². The minimum absolute atomic E-state index is 0.426. The van der Waals surface area contributed by atoms with Gasteiger partial charge in [-0.3, -0.25) is 5.43 Å². The molecule has 7 heteroatoms. The van der Waals surface area contributed by atoms with Crippen LogP contribution in [0.4, 0.5) is 17.8 Å². The zero-order chi connectivity index (χ0) is 14.5. The number of nitrogens with two attached hydrogens (primary N) is 1. The van der Waals surface area contributed by atoms with Crippen LogP contribution in [0, 0.1) is 5.92 Å². The monoisotopic (exact) mass is 279 g/mol. The van der Waals surface area contributed by atoms with Crippen molar-refractivity contribution in [2.24, 2.45) is 11.8 Å². The van der Waals surface area contributed by atoms with Crippen LogP contribution >= 0.6 is 0 Å². The summed E-state index contributed by atoms with van der Waals surface area (Å²) in [6.07, 6.45) is 2.45. The fraction of sp³-hybridized carbons (Fsp3) is 0.769. The van der Waals surface area contributed by atoms with E-state index >= 15 is 0 Å². The predicted octanol–water partition coefficient (Wildman–Crippen LogP) is 1.24. The molecule has 0 amide bonds. The van der Waals surface area contributed by atoms with Gasteiger partial charge in [-0.2, -0.15) is 15.0 Å². The second kappa shape index (κ2) is 6.69. The lowest BCUT2D eigenvalue weighted by Gasteiger charge is -2.31. The van der Waals surface area contributed by atoms with Crippen LogP contribution in [0.15, 0.2) is 0 Å². The van der Waals surface area contributed by atoms with E-state index in [1.165, 1.54) is 12.8 Å². The minimum Gasteiger partial charge on any atom is -0.341 e. The van der Waals surface area contributed by atoms with Crippen molar-refractivity contribution in [1.82, 2.24) is 15.0 Å². The molecular weight excluding hydrogens is 254 g/mol. The molecule has 1 saturated heterocycles. The summed E-state index contributed by atoms with van der Waals surface area (Å²) >= 11 is 0. The molecule has 112 valence electrons. The molecule has 0 aliphatic carbocycles. The van der Waals surface area contributed by atoms with E-state index in [1.54, 1.807) is 0 Å². The first-order chi connectivity index (χ1) is 9.67. The standard InChI is InChI=1S/C13H25N7/c1-4-19(5-2)12-15-11(18-14)16-13(17-12)20-8-6-7-10(3)9-20/h10H,4-9,14H2,1-3H3,(H,15,16,17,18). The second-order valence-corrected chi connectivity index (χ2v) is 5.27. The Labute approximate surface area is 120 Å². The number of nitrogens with one attached hydrogen (secondary N) is 1. The smallest absolute Gasteiger partial charge is 0.243 e. The molecule has 1 aliphatic heterocycles. The van der Waals surface area contributed by atoms with E-state index in [9.17, 15) is 0 Å². The zero-order valence-corrected chi connectivity index (χ0v) is 12.6. The summed E-state index contributed by atoms with van der Waals surface area (Å²) in [6, 6.07) is 0. The van der Waals surface area contributed by atoms with E-state index < -0.39 is 0 Å². The van der Waals surface area contributed by atoms with E-state index in [2.05, 4.69) is 50.9 Å². The fourth-order valence-corrected chi connectivity index (χ4v) is 2.58. The normalized spacial score (nSPS) is 19.0. The number of rotatable bonds is 5. The van der Waals surface area contributed by atoms with Crippen molar-refractivity contribution in [2.75, 3.05) is 41.4 Å². The Morgan fingerprint density at radius 2 is 2.05 bits per heavy atom. The largest absolute Gasteiger partial charge is 0.341 e. The van der Waals surface area contributed by atoms with Gasteiger partial charge >= 0.3 is 0 Å². The van der Waals surface area contributed by atoms with Crippen LogP contribution in [0.5, 0.6) is 0 Å². The molecule has 0 bridgehead atoms. The van der Waals surface area contributed by atoms with Crippen LogP contribution in [0.25, 0.3) is 0 Å². The molecule has 1 fully saturated rings. The third-order valence-corrected chi connectivity index (χ3v) is 3.73. The average Bonchev–Trinajstić information content (AvgIpc) is 2.48. The molecule has 1 unspecified atom stereocenters. The van der Waals surface area contributed by atoms with Crippen molar-refractivity contribution in [2.45, 2.75) is 33.6 Å². The van der Waals surface area contributed by atoms with Crippen LogP contribution in [-0.2, 0) is 0 Å². The summed E-state index contributed by atoms with van der Waals surface area (Å²) in [5, 5.41) is 0. The maximum Gasteiger partial charge on any atom is 0.243 e. The first-order valence-corrected chi connectivity index (χ1v) is 7.40. The van der Waals surface area contributed by atoms with Gasteiger partial charge in [0.25, 0.3) is 0 Å². The van der Waals surface area contributed by atoms with E-state index in [-0.39, 0.29) is 0 Å². The maximum atomic E-state index is 5.49. The maximum absolute atomic E-state index is 5.49. The van der Waals surface area contributed by atoms with Crippen molar-refractivity contribution < 1.29 is 0 Å². The number of hydrogen-bond acceptors (Lipinski definition) is 7. The molecule has 1 aromatic heterocycles. The highest BCUT2D eigenvalue weighted by atomic mass is 15.4. The summed E-state index contributed by atoms with van der Waals surface area (Å²) in [7, 11) is 0. The van der Waals surface area contributed by atoms with Crippen LogP contribution in [0.2, 0.25) is 0 Å². The van der Waals surface area contributed by atoms with Crippen molar-refractivity contribution in [1.29, 1.82) is 0 Å². The number of anilines is 3. The molecule has 0 saturated carbocycles. The van der Waals surface area contributed by atoms with Gasteiger partial charge in [0.05, 0.1) is 0 Å². The SMILES string of the molecule is CCN(CC)c1nc(NN)nc(N2CCCC(C)C2)n1. The van der Waals surface area contributed by atoms with Crippen molar-refractivity contribution >= 4 is 17.8 Å². The second-order valence-electron chi connectivity index (χ2n) is 5.27. The first kappa shape index (κ1) is 14.8. The number of nitrogens with zero attached hydrogens (tertiary/aromatic N) is 5. The number of piperidine rings is 1. The molecule has 2 heterocycles. The lowest BCUT2D eigenvalue weighted by atomic mass is 10.0. The minimum atomic E-state index is 0.426. The number of hydrogen-bond donors (Lipinski definition) is 2. The molecular formula is C13H25N7. The highest BCUT2D eigenvalue weighted by Crippen LogP contribution is 2.22. The third-order valence-electron chi connectivity index (χ3n) is 3.73. The molecule has 1 aromatic rings. The fourth-order valence-electron chi connectivity index (χ4n) is 2.58. The lowest BCUT2D eigenvalue weighted by molar-refractivity contribution is 0.441. The van der Waals surface area contributed by atoms with Crippen molar-refractivity contribution in [3.63, 3.8) is 0 Å². The third kappa shape index (κ3) is 3.27. The van der Waals surface area contributed by atoms with Gasteiger partial charge in [-0.15, -0.1) is 0 Å². The summed E-state index contributed by atoms with van der Waals surface area (Å²) in [5.74, 6) is 8.00. The summed E-state index contributed by atoms with van der Waals surface area (Å²) in [6.45, 7) is 10.2. The predicted molar refractivity (Wildman–Crippen MR) is 81.8 cm³/mol. The molecule has 1 atom stereocenters. The summed E-state index contributed by atoms with van der Waals surface area (Å²) < 4.78 is 0. The van der Waals surface area contributed by atoms with Crippen molar-refractivity contribution in [3.8, 4) is 0 Å². The number of aromatic nitrogens is 3. The van der Waals surface area contributed by atoms with Gasteiger partial charge in [0.2, 0.25) is 17.8 Å². The Hall–Kier alpha value is -1.63. The Bertz CT molecular complexity index is 433. The van der Waals surface area contributed by atoms with Crippen LogP contribution in [-0.4, -0.2) is 41.1 Å². The Balaban J connectivity index is 2.29. The molecule has 0 aromatic carbocycles. The van der Waals surface area contributed by atoms with E-state index in [0.29, 0.717) is 17.8 Å². The van der Waals surface area contributed by atoms with Gasteiger partial charge < -0.3 is 9.80 Å². The molecule has 3 N–H and O–H groups in total. The molecule has 1 aliphatic rings. The van der Waals surface area contributed by atoms with Crippen LogP contribution < -0.4 is 21.1 Å². The Morgan fingerprint density at radius 1 is 1.30 bits per heavy atom. The van der Waals surface area contributed by atoms with Gasteiger partial charge in [-0.1, -0.05) is 6.92 Å². The van der Waals surface area contributed by atoms with Gasteiger partial charge in [-0.05, 0) is 32.6 Å². The quantitative estimate of drug-likeness (QED) is 0.619. The Kier molecular flexibility index (Phi) is 4.94. The van der Waals surface area contributed by atoms with Crippen LogP contribution in [0.3, 0.4) is 0 Å². The van der Waals surface area contributed by atoms with Gasteiger partial charge in [0.15, 0.2) is 0 Å². The highest BCUT2D eigenvalue weighted by molar-refractivity contribution is 5.45. The topological polar surface area (TPSA) is 83.2 Å². The van der Waals surface area contributed by atoms with E-state index in [4.69, 9.17) is 5.84 Å². The van der Waals surface area contributed by atoms with Crippen LogP contribution in [0.1, 0.15) is 33.6 Å². The van der Waals surface area contributed by atoms with E-state index in [0.717, 1.165) is 32.1 Å². The lowest BCUT2D eigenvalue weighted by Crippen LogP contribution is -2.36. The van der Waals surface area contributed by atoms with Gasteiger partial charge in [0, 0.05) is 26.2 Å². The molecule has 20 heavy (non-hydrogen) atoms. The molecule has 7 nitrogen and oxygen atoms in total. The number of nitrogen functional groups attached to an aromatic ring is 1. The summed E-state index contributed by atoms with van der Waals surface area (Å²) in [5.41, 5.74) is 2.55. The summed E-state index contributed by atoms with van der Waals surface area (Å²) in [4.78, 5) is 17.7. The molecule has 2 rings (SSSR count). The first-order valence-electron chi connectivity index (χ1n) is 7.40. The Morgan fingerprint density at radius 3 is 2.65 bits per heavy atom. The van der Waals surface area contributed by atoms with Gasteiger partial charge in [0.1, 0.15) is 0 Å². The van der Waals surface area contributed by atoms with Gasteiger partial charge in [-0.25, -0.2) is 5.84 Å².